The van der Waals surface area contributed by atoms with E-state index in [1.54, 1.807) is 18.2 Å². The maximum Gasteiger partial charge on any atom is 0.239 e. The molecule has 5 nitrogen and oxygen atoms in total. The van der Waals surface area contributed by atoms with Gasteiger partial charge in [0.2, 0.25) is 5.91 Å². The molecule has 1 N–H and O–H groups in total. The minimum Gasteiger partial charge on any atom is -0.357 e. The summed E-state index contributed by atoms with van der Waals surface area (Å²) in [7, 11) is 0. The minimum atomic E-state index is -0.149. The summed E-state index contributed by atoms with van der Waals surface area (Å²) >= 11 is 5.97. The zero-order valence-electron chi connectivity index (χ0n) is 13.6. The molecule has 2 aliphatic heterocycles. The van der Waals surface area contributed by atoms with Gasteiger partial charge in [-0.15, -0.1) is 0 Å². The van der Waals surface area contributed by atoms with Crippen LogP contribution in [0.1, 0.15) is 25.5 Å². The first-order valence-corrected chi connectivity index (χ1v) is 8.77. The molecule has 2 fully saturated rings. The van der Waals surface area contributed by atoms with Gasteiger partial charge in [-0.3, -0.25) is 14.5 Å². The number of nitrogens with zero attached hydrogens (tertiary/aromatic N) is 2. The van der Waals surface area contributed by atoms with Gasteiger partial charge in [0.1, 0.15) is 0 Å². The Morgan fingerprint density at radius 1 is 1.29 bits per heavy atom. The lowest BCUT2D eigenvalue weighted by atomic mass is 10.1. The first kappa shape index (κ1) is 15.7. The Hall–Kier alpha value is -1.85. The summed E-state index contributed by atoms with van der Waals surface area (Å²) in [4.78, 5) is 32.4. The van der Waals surface area contributed by atoms with Gasteiger partial charge in [0.25, 0.3) is 0 Å². The quantitative estimate of drug-likeness (QED) is 0.909. The van der Waals surface area contributed by atoms with Crippen LogP contribution in [0.5, 0.6) is 0 Å². The highest BCUT2D eigenvalue weighted by Crippen LogP contribution is 2.26. The molecule has 1 aromatic carbocycles. The number of piperazine rings is 1. The maximum absolute atomic E-state index is 12.5. The fraction of sp³-hybridized carbons (Fsp3) is 0.444. The number of aromatic amines is 1. The second kappa shape index (κ2) is 5.90. The van der Waals surface area contributed by atoms with Crippen LogP contribution < -0.4 is 5.43 Å². The van der Waals surface area contributed by atoms with E-state index < -0.39 is 0 Å². The molecule has 0 radical (unpaired) electrons. The van der Waals surface area contributed by atoms with Gasteiger partial charge in [0.15, 0.2) is 5.43 Å². The zero-order chi connectivity index (χ0) is 16.8. The van der Waals surface area contributed by atoms with Gasteiger partial charge in [-0.05, 0) is 38.0 Å². The number of nitrogens with one attached hydrogen (secondary N) is 1. The number of carbonyl (C=O) groups is 1. The number of benzene rings is 1. The van der Waals surface area contributed by atoms with Crippen molar-refractivity contribution in [2.24, 2.45) is 0 Å². The second-order valence-electron chi connectivity index (χ2n) is 6.78. The van der Waals surface area contributed by atoms with E-state index in [-0.39, 0.29) is 17.4 Å². The number of halogens is 1. The molecule has 0 aliphatic carbocycles. The van der Waals surface area contributed by atoms with Gasteiger partial charge in [-0.25, -0.2) is 0 Å². The molecular formula is C18H20ClN3O2. The van der Waals surface area contributed by atoms with E-state index in [1.165, 1.54) is 0 Å². The molecule has 24 heavy (non-hydrogen) atoms. The summed E-state index contributed by atoms with van der Waals surface area (Å²) in [5.41, 5.74) is 1.57. The predicted octanol–water partition coefficient (Wildman–Crippen LogP) is 2.38. The van der Waals surface area contributed by atoms with E-state index in [2.05, 4.69) is 9.88 Å². The molecule has 6 heteroatoms. The van der Waals surface area contributed by atoms with Crippen LogP contribution in [0.3, 0.4) is 0 Å². The standard InChI is InChI=1S/C18H20ClN3O2/c1-11-18(24)22-6-2-3-14(22)10-21(11)9-13-8-17(23)15-7-12(19)4-5-16(15)20-13/h4-5,7-8,11,14H,2-3,6,9-10H2,1H3,(H,20,23)/t11-,14-/m1/s1. The normalized spacial score (nSPS) is 24.6. The van der Waals surface area contributed by atoms with Crippen LogP contribution in [0.25, 0.3) is 10.9 Å². The smallest absolute Gasteiger partial charge is 0.239 e. The summed E-state index contributed by atoms with van der Waals surface area (Å²) in [5, 5.41) is 1.15. The van der Waals surface area contributed by atoms with E-state index in [1.807, 2.05) is 17.9 Å². The molecule has 2 aromatic rings. The zero-order valence-corrected chi connectivity index (χ0v) is 14.3. The minimum absolute atomic E-state index is 0.0419. The fourth-order valence-electron chi connectivity index (χ4n) is 3.92. The number of hydrogen-bond acceptors (Lipinski definition) is 3. The Morgan fingerprint density at radius 2 is 2.12 bits per heavy atom. The molecule has 0 spiro atoms. The highest BCUT2D eigenvalue weighted by Gasteiger charge is 2.40. The summed E-state index contributed by atoms with van der Waals surface area (Å²) in [5.74, 6) is 0.207. The van der Waals surface area contributed by atoms with Crippen molar-refractivity contribution in [3.05, 3.63) is 45.2 Å². The number of fused-ring (bicyclic) bond motifs is 2. The van der Waals surface area contributed by atoms with Crippen LogP contribution in [-0.2, 0) is 11.3 Å². The van der Waals surface area contributed by atoms with Crippen molar-refractivity contribution >= 4 is 28.4 Å². The maximum atomic E-state index is 12.5. The summed E-state index contributed by atoms with van der Waals surface area (Å²) < 4.78 is 0. The molecule has 1 amide bonds. The Morgan fingerprint density at radius 3 is 2.96 bits per heavy atom. The summed E-state index contributed by atoms with van der Waals surface area (Å²) in [6, 6.07) is 7.07. The molecule has 2 saturated heterocycles. The number of amides is 1. The van der Waals surface area contributed by atoms with Crippen LogP contribution >= 0.6 is 11.6 Å². The van der Waals surface area contributed by atoms with Crippen molar-refractivity contribution in [2.45, 2.75) is 38.4 Å². The third-order valence-electron chi connectivity index (χ3n) is 5.23. The van der Waals surface area contributed by atoms with Crippen molar-refractivity contribution in [1.29, 1.82) is 0 Å². The fourth-order valence-corrected chi connectivity index (χ4v) is 4.09. The van der Waals surface area contributed by atoms with Gasteiger partial charge in [-0.2, -0.15) is 0 Å². The first-order valence-electron chi connectivity index (χ1n) is 8.39. The third-order valence-corrected chi connectivity index (χ3v) is 5.47. The number of hydrogen-bond donors (Lipinski definition) is 1. The molecule has 0 unspecified atom stereocenters. The van der Waals surface area contributed by atoms with Gasteiger partial charge in [-0.1, -0.05) is 11.6 Å². The number of aromatic nitrogens is 1. The lowest BCUT2D eigenvalue weighted by Crippen LogP contribution is -2.58. The Kier molecular flexibility index (Phi) is 3.85. The molecule has 126 valence electrons. The van der Waals surface area contributed by atoms with Crippen LogP contribution in [-0.4, -0.2) is 45.9 Å². The number of carbonyl (C=O) groups excluding carboxylic acids is 1. The Labute approximate surface area is 145 Å². The van der Waals surface area contributed by atoms with Crippen molar-refractivity contribution in [2.75, 3.05) is 13.1 Å². The van der Waals surface area contributed by atoms with Crippen LogP contribution in [0.15, 0.2) is 29.1 Å². The van der Waals surface area contributed by atoms with Gasteiger partial charge in [0.05, 0.1) is 6.04 Å². The van der Waals surface area contributed by atoms with Crippen molar-refractivity contribution in [3.8, 4) is 0 Å². The van der Waals surface area contributed by atoms with Crippen LogP contribution in [0.2, 0.25) is 5.02 Å². The Bertz CT molecular complexity index is 863. The van der Waals surface area contributed by atoms with Gasteiger partial charge < -0.3 is 9.88 Å². The number of rotatable bonds is 2. The highest BCUT2D eigenvalue weighted by atomic mass is 35.5. The molecule has 2 atom stereocenters. The van der Waals surface area contributed by atoms with E-state index in [0.717, 1.165) is 37.1 Å². The SMILES string of the molecule is C[C@@H]1C(=O)N2CCC[C@@H]2CN1Cc1cc(=O)c2cc(Cl)ccc2[nH]1. The molecule has 3 heterocycles. The van der Waals surface area contributed by atoms with Gasteiger partial charge >= 0.3 is 0 Å². The lowest BCUT2D eigenvalue weighted by molar-refractivity contribution is -0.143. The monoisotopic (exact) mass is 345 g/mol. The van der Waals surface area contributed by atoms with Crippen molar-refractivity contribution in [1.82, 2.24) is 14.8 Å². The number of pyridine rings is 1. The highest BCUT2D eigenvalue weighted by molar-refractivity contribution is 6.31. The molecular weight excluding hydrogens is 326 g/mol. The van der Waals surface area contributed by atoms with E-state index in [9.17, 15) is 9.59 Å². The lowest BCUT2D eigenvalue weighted by Gasteiger charge is -2.41. The van der Waals surface area contributed by atoms with E-state index in [4.69, 9.17) is 11.6 Å². The third kappa shape index (κ3) is 2.62. The average molecular weight is 346 g/mol. The Balaban J connectivity index is 1.63. The molecule has 4 rings (SSSR count). The summed E-state index contributed by atoms with van der Waals surface area (Å²) in [6.45, 7) is 4.28. The molecule has 1 aromatic heterocycles. The van der Waals surface area contributed by atoms with Crippen LogP contribution in [0.4, 0.5) is 0 Å². The first-order chi connectivity index (χ1) is 11.5. The topological polar surface area (TPSA) is 56.4 Å². The molecule has 0 bridgehead atoms. The van der Waals surface area contributed by atoms with Crippen molar-refractivity contribution in [3.63, 3.8) is 0 Å². The average Bonchev–Trinajstić information content (AvgIpc) is 3.02. The van der Waals surface area contributed by atoms with E-state index in [0.29, 0.717) is 23.0 Å². The molecule has 0 saturated carbocycles. The predicted molar refractivity (Wildman–Crippen MR) is 94.2 cm³/mol. The van der Waals surface area contributed by atoms with Crippen molar-refractivity contribution < 1.29 is 4.79 Å². The van der Waals surface area contributed by atoms with E-state index >= 15 is 0 Å². The number of H-pyrrole nitrogens is 1. The van der Waals surface area contributed by atoms with Gasteiger partial charge in [0, 0.05) is 53.4 Å². The summed E-state index contributed by atoms with van der Waals surface area (Å²) in [6.07, 6.45) is 2.16. The van der Waals surface area contributed by atoms with Crippen LogP contribution in [0, 0.1) is 0 Å². The largest absolute Gasteiger partial charge is 0.357 e. The molecule has 2 aliphatic rings. The second-order valence-corrected chi connectivity index (χ2v) is 7.22.